The Kier molecular flexibility index (Phi) is 8.70. The van der Waals surface area contributed by atoms with Gasteiger partial charge in [-0.05, 0) is 53.9 Å². The first-order valence-corrected chi connectivity index (χ1v) is 7.56. The standard InChI is InChI=1S/C15H29N3O4/c1-10(16)13(20)18-12(11(2)19)8-6-7-9-17-14(21)22-15(3,4)5/h10,12H,6-9,16H2,1-5H3,(H,17,21)(H,18,20). The zero-order valence-electron chi connectivity index (χ0n) is 14.2. The summed E-state index contributed by atoms with van der Waals surface area (Å²) in [5, 5.41) is 5.27. The minimum Gasteiger partial charge on any atom is -0.444 e. The predicted octanol–water partition coefficient (Wildman–Crippen LogP) is 1.10. The Balaban J connectivity index is 3.98. The van der Waals surface area contributed by atoms with E-state index < -0.39 is 23.8 Å². The number of amides is 2. The Morgan fingerprint density at radius 3 is 2.23 bits per heavy atom. The first-order valence-electron chi connectivity index (χ1n) is 7.56. The highest BCUT2D eigenvalue weighted by Gasteiger charge is 2.19. The van der Waals surface area contributed by atoms with Crippen LogP contribution in [0.15, 0.2) is 0 Å². The molecule has 0 heterocycles. The first-order chi connectivity index (χ1) is 10.0. The third-order valence-corrected chi connectivity index (χ3v) is 2.81. The van der Waals surface area contributed by atoms with Gasteiger partial charge in [0.15, 0.2) is 5.78 Å². The van der Waals surface area contributed by atoms with Crippen LogP contribution in [0.1, 0.15) is 53.9 Å². The minimum absolute atomic E-state index is 0.103. The molecule has 0 aliphatic carbocycles. The number of ketones is 1. The molecule has 0 radical (unpaired) electrons. The fourth-order valence-electron chi connectivity index (χ4n) is 1.66. The van der Waals surface area contributed by atoms with Crippen molar-refractivity contribution in [3.05, 3.63) is 0 Å². The van der Waals surface area contributed by atoms with Crippen molar-refractivity contribution >= 4 is 17.8 Å². The largest absolute Gasteiger partial charge is 0.444 e. The number of rotatable bonds is 8. The van der Waals surface area contributed by atoms with Crippen LogP contribution in [0.2, 0.25) is 0 Å². The molecule has 2 atom stereocenters. The number of unbranched alkanes of at least 4 members (excludes halogenated alkanes) is 1. The Labute approximate surface area is 132 Å². The van der Waals surface area contributed by atoms with Crippen molar-refractivity contribution in [2.75, 3.05) is 6.54 Å². The fourth-order valence-corrected chi connectivity index (χ4v) is 1.66. The lowest BCUT2D eigenvalue weighted by Gasteiger charge is -2.20. The molecule has 0 aromatic rings. The summed E-state index contributed by atoms with van der Waals surface area (Å²) in [6.07, 6.45) is 1.45. The van der Waals surface area contributed by atoms with Crippen LogP contribution in [0, 0.1) is 0 Å². The van der Waals surface area contributed by atoms with Gasteiger partial charge in [-0.3, -0.25) is 9.59 Å². The Bertz CT molecular complexity index is 389. The predicted molar refractivity (Wildman–Crippen MR) is 84.3 cm³/mol. The van der Waals surface area contributed by atoms with E-state index in [0.29, 0.717) is 25.8 Å². The van der Waals surface area contributed by atoms with E-state index in [0.717, 1.165) is 0 Å². The molecule has 2 unspecified atom stereocenters. The van der Waals surface area contributed by atoms with Gasteiger partial charge < -0.3 is 21.1 Å². The van der Waals surface area contributed by atoms with Gasteiger partial charge in [-0.15, -0.1) is 0 Å². The van der Waals surface area contributed by atoms with Gasteiger partial charge in [0.05, 0.1) is 12.1 Å². The molecule has 0 fully saturated rings. The fraction of sp³-hybridized carbons (Fsp3) is 0.800. The summed E-state index contributed by atoms with van der Waals surface area (Å²) in [5.41, 5.74) is 4.94. The molecule has 7 heteroatoms. The van der Waals surface area contributed by atoms with Crippen molar-refractivity contribution in [3.8, 4) is 0 Å². The van der Waals surface area contributed by atoms with Crippen molar-refractivity contribution in [2.45, 2.75) is 71.6 Å². The van der Waals surface area contributed by atoms with Crippen molar-refractivity contribution in [3.63, 3.8) is 0 Å². The molecule has 2 amide bonds. The van der Waals surface area contributed by atoms with Crippen LogP contribution >= 0.6 is 0 Å². The molecule has 7 nitrogen and oxygen atoms in total. The highest BCUT2D eigenvalue weighted by atomic mass is 16.6. The summed E-state index contributed by atoms with van der Waals surface area (Å²) in [7, 11) is 0. The number of hydrogen-bond acceptors (Lipinski definition) is 5. The number of alkyl carbamates (subject to hydrolysis) is 1. The van der Waals surface area contributed by atoms with Gasteiger partial charge in [-0.2, -0.15) is 0 Å². The second-order valence-corrected chi connectivity index (χ2v) is 6.38. The van der Waals surface area contributed by atoms with E-state index in [1.165, 1.54) is 6.92 Å². The van der Waals surface area contributed by atoms with Crippen LogP contribution in [0.3, 0.4) is 0 Å². The molecule has 0 saturated heterocycles. The van der Waals surface area contributed by atoms with Gasteiger partial charge in [-0.25, -0.2) is 4.79 Å². The smallest absolute Gasteiger partial charge is 0.407 e. The summed E-state index contributed by atoms with van der Waals surface area (Å²) < 4.78 is 5.11. The van der Waals surface area contributed by atoms with Crippen molar-refractivity contribution in [2.24, 2.45) is 5.73 Å². The molecule has 4 N–H and O–H groups in total. The SMILES string of the molecule is CC(=O)C(CCCCNC(=O)OC(C)(C)C)NC(=O)C(C)N. The number of carbonyl (C=O) groups is 3. The van der Waals surface area contributed by atoms with Crippen molar-refractivity contribution < 1.29 is 19.1 Å². The van der Waals surface area contributed by atoms with Crippen molar-refractivity contribution in [1.82, 2.24) is 10.6 Å². The van der Waals surface area contributed by atoms with Crippen molar-refractivity contribution in [1.29, 1.82) is 0 Å². The molecule has 0 aliphatic rings. The summed E-state index contributed by atoms with van der Waals surface area (Å²) in [6.45, 7) is 8.85. The normalized spacial score (nSPS) is 13.9. The number of hydrogen-bond donors (Lipinski definition) is 3. The van der Waals surface area contributed by atoms with Gasteiger partial charge >= 0.3 is 6.09 Å². The van der Waals surface area contributed by atoms with E-state index in [9.17, 15) is 14.4 Å². The third kappa shape index (κ3) is 10.1. The second-order valence-electron chi connectivity index (χ2n) is 6.38. The molecule has 0 aromatic heterocycles. The van der Waals surface area contributed by atoms with Crippen LogP contribution in [0.5, 0.6) is 0 Å². The zero-order valence-corrected chi connectivity index (χ0v) is 14.2. The van der Waals surface area contributed by atoms with Gasteiger partial charge in [-0.1, -0.05) is 0 Å². The maximum Gasteiger partial charge on any atom is 0.407 e. The number of carbonyl (C=O) groups excluding carboxylic acids is 3. The van der Waals surface area contributed by atoms with E-state index in [-0.39, 0.29) is 11.7 Å². The second kappa shape index (κ2) is 9.40. The van der Waals surface area contributed by atoms with E-state index >= 15 is 0 Å². The number of nitrogens with two attached hydrogens (primary N) is 1. The molecule has 0 saturated carbocycles. The molecule has 0 bridgehead atoms. The minimum atomic E-state index is -0.643. The highest BCUT2D eigenvalue weighted by molar-refractivity contribution is 5.89. The first kappa shape index (κ1) is 20.4. The van der Waals surface area contributed by atoms with Crippen LogP contribution in [0.25, 0.3) is 0 Å². The van der Waals surface area contributed by atoms with E-state index in [4.69, 9.17) is 10.5 Å². The molecular weight excluding hydrogens is 286 g/mol. The third-order valence-electron chi connectivity index (χ3n) is 2.81. The number of nitrogens with one attached hydrogen (secondary N) is 2. The molecule has 0 rings (SSSR count). The quantitative estimate of drug-likeness (QED) is 0.581. The molecule has 0 aliphatic heterocycles. The lowest BCUT2D eigenvalue weighted by atomic mass is 10.1. The van der Waals surface area contributed by atoms with E-state index in [2.05, 4.69) is 10.6 Å². The summed E-state index contributed by atoms with van der Waals surface area (Å²) in [4.78, 5) is 34.4. The molecule has 128 valence electrons. The Hall–Kier alpha value is -1.63. The van der Waals surface area contributed by atoms with Gasteiger partial charge in [0, 0.05) is 6.54 Å². The maximum absolute atomic E-state index is 11.5. The zero-order chi connectivity index (χ0) is 17.3. The summed E-state index contributed by atoms with van der Waals surface area (Å²) >= 11 is 0. The van der Waals surface area contributed by atoms with E-state index in [1.54, 1.807) is 27.7 Å². The summed E-state index contributed by atoms with van der Waals surface area (Å²) in [5.74, 6) is -0.443. The molecule has 0 spiro atoms. The van der Waals surface area contributed by atoms with Crippen LogP contribution in [0.4, 0.5) is 4.79 Å². The average Bonchev–Trinajstić information content (AvgIpc) is 2.34. The van der Waals surface area contributed by atoms with E-state index in [1.807, 2.05) is 0 Å². The van der Waals surface area contributed by atoms with Gasteiger partial charge in [0.25, 0.3) is 0 Å². The molecular formula is C15H29N3O4. The topological polar surface area (TPSA) is 111 Å². The number of ether oxygens (including phenoxy) is 1. The Morgan fingerprint density at radius 2 is 1.77 bits per heavy atom. The lowest BCUT2D eigenvalue weighted by Crippen LogP contribution is -2.46. The Morgan fingerprint density at radius 1 is 1.18 bits per heavy atom. The lowest BCUT2D eigenvalue weighted by molar-refractivity contribution is -0.127. The summed E-state index contributed by atoms with van der Waals surface area (Å²) in [6, 6.07) is -1.17. The van der Waals surface area contributed by atoms with Crippen LogP contribution < -0.4 is 16.4 Å². The molecule has 22 heavy (non-hydrogen) atoms. The molecule has 0 aromatic carbocycles. The van der Waals surface area contributed by atoms with Crippen LogP contribution in [-0.4, -0.2) is 42.0 Å². The monoisotopic (exact) mass is 315 g/mol. The van der Waals surface area contributed by atoms with Gasteiger partial charge in [0.1, 0.15) is 5.60 Å². The maximum atomic E-state index is 11.5. The average molecular weight is 315 g/mol. The number of Topliss-reactive ketones (excluding diaryl/α,β-unsaturated/α-hetero) is 1. The van der Waals surface area contributed by atoms with Crippen LogP contribution in [-0.2, 0) is 14.3 Å². The highest BCUT2D eigenvalue weighted by Crippen LogP contribution is 2.07. The van der Waals surface area contributed by atoms with Gasteiger partial charge in [0.2, 0.25) is 5.91 Å².